The maximum Gasteiger partial charge on any atom is 0.246 e. The molecule has 2 heterocycles. The van der Waals surface area contributed by atoms with Crippen molar-refractivity contribution in [1.82, 2.24) is 25.1 Å². The molecule has 0 radical (unpaired) electrons. The fraction of sp³-hybridized carbons (Fsp3) is 0.300. The maximum atomic E-state index is 12.6. The van der Waals surface area contributed by atoms with Gasteiger partial charge in [-0.2, -0.15) is 4.80 Å². The van der Waals surface area contributed by atoms with Gasteiger partial charge in [0.1, 0.15) is 6.54 Å². The Hall–Kier alpha value is -2.73. The monoisotopic (exact) mass is 381 g/mol. The van der Waals surface area contributed by atoms with Gasteiger partial charge in [0.05, 0.1) is 0 Å². The second-order valence-electron chi connectivity index (χ2n) is 6.72. The molecule has 0 atom stereocenters. The van der Waals surface area contributed by atoms with Crippen LogP contribution in [-0.2, 0) is 11.3 Å². The van der Waals surface area contributed by atoms with Gasteiger partial charge in [-0.25, -0.2) is 0 Å². The number of piperidine rings is 1. The van der Waals surface area contributed by atoms with Gasteiger partial charge in [-0.15, -0.1) is 10.2 Å². The van der Waals surface area contributed by atoms with Gasteiger partial charge in [-0.05, 0) is 53.8 Å². The van der Waals surface area contributed by atoms with E-state index in [0.717, 1.165) is 31.5 Å². The Labute approximate surface area is 162 Å². The number of benzene rings is 2. The molecule has 0 N–H and O–H groups in total. The summed E-state index contributed by atoms with van der Waals surface area (Å²) in [4.78, 5) is 15.8. The first kappa shape index (κ1) is 17.7. The third-order valence-electron chi connectivity index (χ3n) is 4.95. The summed E-state index contributed by atoms with van der Waals surface area (Å²) in [6.07, 6.45) is 1.97. The SMILES string of the molecule is O=C(Cn1nnc(-c2ccc(Cl)cc2)n1)N1CCC(c2ccccc2)CC1. The molecule has 1 saturated heterocycles. The van der Waals surface area contributed by atoms with E-state index in [4.69, 9.17) is 11.6 Å². The molecule has 1 aromatic heterocycles. The van der Waals surface area contributed by atoms with Crippen LogP contribution in [0.15, 0.2) is 54.6 Å². The number of carbonyl (C=O) groups is 1. The molecule has 0 unspecified atom stereocenters. The van der Waals surface area contributed by atoms with Crippen molar-refractivity contribution in [1.29, 1.82) is 0 Å². The number of aromatic nitrogens is 4. The van der Waals surface area contributed by atoms with E-state index in [1.165, 1.54) is 10.4 Å². The topological polar surface area (TPSA) is 63.9 Å². The van der Waals surface area contributed by atoms with Gasteiger partial charge in [-0.3, -0.25) is 4.79 Å². The number of rotatable bonds is 4. The van der Waals surface area contributed by atoms with Gasteiger partial charge in [0.2, 0.25) is 11.7 Å². The molecule has 1 aliphatic heterocycles. The van der Waals surface area contributed by atoms with Crippen LogP contribution in [-0.4, -0.2) is 44.1 Å². The van der Waals surface area contributed by atoms with Crippen molar-refractivity contribution in [3.05, 3.63) is 65.2 Å². The van der Waals surface area contributed by atoms with Crippen LogP contribution in [0.5, 0.6) is 0 Å². The summed E-state index contributed by atoms with van der Waals surface area (Å²) in [7, 11) is 0. The van der Waals surface area contributed by atoms with E-state index in [2.05, 4.69) is 39.7 Å². The molecule has 3 aromatic rings. The minimum absolute atomic E-state index is 0.0292. The zero-order chi connectivity index (χ0) is 18.6. The van der Waals surface area contributed by atoms with Gasteiger partial charge in [0, 0.05) is 23.7 Å². The molecular weight excluding hydrogens is 362 g/mol. The number of nitrogens with zero attached hydrogens (tertiary/aromatic N) is 5. The third kappa shape index (κ3) is 4.17. The van der Waals surface area contributed by atoms with E-state index < -0.39 is 0 Å². The highest BCUT2D eigenvalue weighted by Gasteiger charge is 2.24. The minimum atomic E-state index is 0.0292. The lowest BCUT2D eigenvalue weighted by atomic mass is 9.89. The van der Waals surface area contributed by atoms with E-state index in [1.54, 1.807) is 12.1 Å². The Morgan fingerprint density at radius 1 is 1.04 bits per heavy atom. The van der Waals surface area contributed by atoms with Crippen molar-refractivity contribution in [3.8, 4) is 11.4 Å². The number of hydrogen-bond acceptors (Lipinski definition) is 4. The molecule has 0 spiro atoms. The molecular formula is C20H20ClN5O. The smallest absolute Gasteiger partial charge is 0.246 e. The second-order valence-corrected chi connectivity index (χ2v) is 7.15. The average Bonchev–Trinajstić information content (AvgIpc) is 3.18. The van der Waals surface area contributed by atoms with Gasteiger partial charge < -0.3 is 4.90 Å². The first-order valence-corrected chi connectivity index (χ1v) is 9.43. The summed E-state index contributed by atoms with van der Waals surface area (Å²) in [5.41, 5.74) is 2.18. The van der Waals surface area contributed by atoms with Crippen LogP contribution in [0.2, 0.25) is 5.02 Å². The third-order valence-corrected chi connectivity index (χ3v) is 5.20. The molecule has 1 amide bonds. The molecule has 0 aliphatic carbocycles. The Kier molecular flexibility index (Phi) is 5.16. The van der Waals surface area contributed by atoms with Crippen LogP contribution < -0.4 is 0 Å². The summed E-state index contributed by atoms with van der Waals surface area (Å²) in [6, 6.07) is 17.7. The predicted molar refractivity (Wildman–Crippen MR) is 103 cm³/mol. The second kappa shape index (κ2) is 7.88. The predicted octanol–water partition coefficient (Wildman–Crippen LogP) is 3.40. The lowest BCUT2D eigenvalue weighted by Crippen LogP contribution is -2.40. The van der Waals surface area contributed by atoms with E-state index in [1.807, 2.05) is 23.1 Å². The molecule has 1 aliphatic rings. The van der Waals surface area contributed by atoms with Crippen molar-refractivity contribution < 1.29 is 4.79 Å². The van der Waals surface area contributed by atoms with Crippen LogP contribution in [0.3, 0.4) is 0 Å². The molecule has 0 saturated carbocycles. The Morgan fingerprint density at radius 2 is 1.74 bits per heavy atom. The van der Waals surface area contributed by atoms with Gasteiger partial charge in [-0.1, -0.05) is 41.9 Å². The normalized spacial score (nSPS) is 15.1. The van der Waals surface area contributed by atoms with Crippen LogP contribution in [0.25, 0.3) is 11.4 Å². The van der Waals surface area contributed by atoms with Gasteiger partial charge in [0.25, 0.3) is 0 Å². The zero-order valence-electron chi connectivity index (χ0n) is 14.8. The Bertz CT molecular complexity index is 902. The molecule has 1 fully saturated rings. The first-order chi connectivity index (χ1) is 13.2. The highest BCUT2D eigenvalue weighted by molar-refractivity contribution is 6.30. The van der Waals surface area contributed by atoms with E-state index in [0.29, 0.717) is 16.8 Å². The lowest BCUT2D eigenvalue weighted by Gasteiger charge is -2.32. The standard InChI is InChI=1S/C20H20ClN5O/c21-18-8-6-17(7-9-18)20-22-24-26(23-20)14-19(27)25-12-10-16(11-13-25)15-4-2-1-3-5-15/h1-9,16H,10-14H2. The highest BCUT2D eigenvalue weighted by Crippen LogP contribution is 2.27. The number of carbonyl (C=O) groups excluding carboxylic acids is 1. The van der Waals surface area contributed by atoms with Gasteiger partial charge >= 0.3 is 0 Å². The lowest BCUT2D eigenvalue weighted by molar-refractivity contribution is -0.133. The number of tetrazole rings is 1. The molecule has 27 heavy (non-hydrogen) atoms. The molecule has 7 heteroatoms. The maximum absolute atomic E-state index is 12.6. The summed E-state index contributed by atoms with van der Waals surface area (Å²) >= 11 is 5.90. The van der Waals surface area contributed by atoms with E-state index in [9.17, 15) is 4.79 Å². The van der Waals surface area contributed by atoms with Crippen molar-refractivity contribution in [2.75, 3.05) is 13.1 Å². The number of amides is 1. The fourth-order valence-corrected chi connectivity index (χ4v) is 3.56. The first-order valence-electron chi connectivity index (χ1n) is 9.05. The van der Waals surface area contributed by atoms with Crippen LogP contribution in [0, 0.1) is 0 Å². The zero-order valence-corrected chi connectivity index (χ0v) is 15.6. The van der Waals surface area contributed by atoms with Crippen LogP contribution in [0.1, 0.15) is 24.3 Å². The summed E-state index contributed by atoms with van der Waals surface area (Å²) < 4.78 is 0. The summed E-state index contributed by atoms with van der Waals surface area (Å²) in [5.74, 6) is 1.04. The Morgan fingerprint density at radius 3 is 2.44 bits per heavy atom. The van der Waals surface area contributed by atoms with Crippen molar-refractivity contribution in [2.45, 2.75) is 25.3 Å². The minimum Gasteiger partial charge on any atom is -0.341 e. The highest BCUT2D eigenvalue weighted by atomic mass is 35.5. The van der Waals surface area contributed by atoms with Crippen LogP contribution in [0.4, 0.5) is 0 Å². The Balaban J connectivity index is 1.34. The number of likely N-dealkylation sites (tertiary alicyclic amines) is 1. The quantitative estimate of drug-likeness (QED) is 0.694. The molecule has 6 nitrogen and oxygen atoms in total. The van der Waals surface area contributed by atoms with E-state index >= 15 is 0 Å². The summed E-state index contributed by atoms with van der Waals surface area (Å²) in [6.45, 7) is 1.63. The van der Waals surface area contributed by atoms with Gasteiger partial charge in [0.15, 0.2) is 0 Å². The van der Waals surface area contributed by atoms with Crippen LogP contribution >= 0.6 is 11.6 Å². The fourth-order valence-electron chi connectivity index (χ4n) is 3.43. The number of halogens is 1. The largest absolute Gasteiger partial charge is 0.341 e. The molecule has 4 rings (SSSR count). The molecule has 0 bridgehead atoms. The molecule has 138 valence electrons. The van der Waals surface area contributed by atoms with Crippen molar-refractivity contribution in [3.63, 3.8) is 0 Å². The van der Waals surface area contributed by atoms with Crippen molar-refractivity contribution >= 4 is 17.5 Å². The van der Waals surface area contributed by atoms with E-state index in [-0.39, 0.29) is 12.5 Å². The average molecular weight is 382 g/mol. The number of hydrogen-bond donors (Lipinski definition) is 0. The van der Waals surface area contributed by atoms with Crippen molar-refractivity contribution in [2.24, 2.45) is 0 Å². The summed E-state index contributed by atoms with van der Waals surface area (Å²) in [5, 5.41) is 13.0. The molecule has 2 aromatic carbocycles.